The van der Waals surface area contributed by atoms with Crippen molar-refractivity contribution in [2.75, 3.05) is 6.54 Å². The zero-order valence-electron chi connectivity index (χ0n) is 13.2. The zero-order chi connectivity index (χ0) is 19.2. The second-order valence-corrected chi connectivity index (χ2v) is 6.82. The quantitative estimate of drug-likeness (QED) is 0.590. The maximum Gasteiger partial charge on any atom is 0.416 e. The maximum atomic E-state index is 12.6. The minimum Gasteiger partial charge on any atom is -0.272 e. The van der Waals surface area contributed by atoms with E-state index in [1.165, 1.54) is 36.4 Å². The lowest BCUT2D eigenvalue weighted by molar-refractivity contribution is -0.137. The Morgan fingerprint density at radius 2 is 1.77 bits per heavy atom. The number of sulfonamides is 1. The first-order valence-corrected chi connectivity index (χ1v) is 8.71. The number of benzene rings is 2. The SMILES string of the molecule is O=C(CNS(=O)(=O)c1ccccc1)N/N=C\c1cccc(C(F)(F)F)c1. The number of nitrogens with one attached hydrogen (secondary N) is 2. The van der Waals surface area contributed by atoms with Crippen molar-refractivity contribution in [3.05, 3.63) is 65.7 Å². The van der Waals surface area contributed by atoms with Gasteiger partial charge in [-0.15, -0.1) is 0 Å². The smallest absolute Gasteiger partial charge is 0.272 e. The molecule has 0 atom stereocenters. The lowest BCUT2D eigenvalue weighted by atomic mass is 10.1. The molecule has 0 saturated heterocycles. The summed E-state index contributed by atoms with van der Waals surface area (Å²) >= 11 is 0. The minimum absolute atomic E-state index is 0.000247. The van der Waals surface area contributed by atoms with Gasteiger partial charge in [0.2, 0.25) is 10.0 Å². The molecule has 0 heterocycles. The van der Waals surface area contributed by atoms with E-state index < -0.39 is 34.2 Å². The van der Waals surface area contributed by atoms with Crippen LogP contribution in [-0.4, -0.2) is 27.1 Å². The minimum atomic E-state index is -4.48. The number of rotatable bonds is 6. The number of hydrazone groups is 1. The highest BCUT2D eigenvalue weighted by Crippen LogP contribution is 2.29. The lowest BCUT2D eigenvalue weighted by Crippen LogP contribution is -2.34. The van der Waals surface area contributed by atoms with Crippen LogP contribution in [0.3, 0.4) is 0 Å². The molecule has 2 aromatic carbocycles. The molecule has 0 fully saturated rings. The first-order chi connectivity index (χ1) is 12.2. The van der Waals surface area contributed by atoms with Crippen LogP contribution in [0.4, 0.5) is 13.2 Å². The molecular formula is C16H14F3N3O3S. The molecule has 0 unspecified atom stereocenters. The Bertz CT molecular complexity index is 898. The average Bonchev–Trinajstić information content (AvgIpc) is 2.60. The number of carbonyl (C=O) groups excluding carboxylic acids is 1. The van der Waals surface area contributed by atoms with E-state index >= 15 is 0 Å². The molecule has 26 heavy (non-hydrogen) atoms. The first-order valence-electron chi connectivity index (χ1n) is 7.22. The topological polar surface area (TPSA) is 87.6 Å². The van der Waals surface area contributed by atoms with Crippen LogP contribution < -0.4 is 10.1 Å². The molecule has 0 aliphatic heterocycles. The molecule has 2 N–H and O–H groups in total. The molecule has 10 heteroatoms. The third-order valence-electron chi connectivity index (χ3n) is 3.09. The van der Waals surface area contributed by atoms with Crippen LogP contribution in [0, 0.1) is 0 Å². The zero-order valence-corrected chi connectivity index (χ0v) is 14.0. The number of alkyl halides is 3. The summed E-state index contributed by atoms with van der Waals surface area (Å²) in [6.07, 6.45) is -3.46. The summed E-state index contributed by atoms with van der Waals surface area (Å²) in [6.45, 7) is -0.572. The molecule has 0 bridgehead atoms. The van der Waals surface area contributed by atoms with Crippen molar-refractivity contribution in [3.63, 3.8) is 0 Å². The van der Waals surface area contributed by atoms with Crippen molar-refractivity contribution >= 4 is 22.1 Å². The van der Waals surface area contributed by atoms with Gasteiger partial charge in [0.15, 0.2) is 0 Å². The highest BCUT2D eigenvalue weighted by molar-refractivity contribution is 7.89. The molecule has 2 rings (SSSR count). The predicted octanol–water partition coefficient (Wildman–Crippen LogP) is 2.13. The number of halogens is 3. The van der Waals surface area contributed by atoms with E-state index in [-0.39, 0.29) is 10.5 Å². The molecule has 1 amide bonds. The van der Waals surface area contributed by atoms with E-state index in [2.05, 4.69) is 9.82 Å². The fourth-order valence-corrected chi connectivity index (χ4v) is 2.86. The van der Waals surface area contributed by atoms with Gasteiger partial charge in [0, 0.05) is 0 Å². The Labute approximate surface area is 147 Å². The summed E-state index contributed by atoms with van der Waals surface area (Å²) in [5.74, 6) is -0.771. The predicted molar refractivity (Wildman–Crippen MR) is 88.8 cm³/mol. The van der Waals surface area contributed by atoms with Gasteiger partial charge < -0.3 is 0 Å². The number of hydrogen-bond acceptors (Lipinski definition) is 4. The molecule has 138 valence electrons. The third kappa shape index (κ3) is 5.67. The van der Waals surface area contributed by atoms with E-state index in [0.717, 1.165) is 18.3 Å². The van der Waals surface area contributed by atoms with Gasteiger partial charge in [0.05, 0.1) is 23.2 Å². The van der Waals surface area contributed by atoms with Crippen molar-refractivity contribution < 1.29 is 26.4 Å². The molecule has 0 aliphatic carbocycles. The van der Waals surface area contributed by atoms with Crippen molar-refractivity contribution in [1.82, 2.24) is 10.1 Å². The van der Waals surface area contributed by atoms with Gasteiger partial charge in [-0.25, -0.2) is 18.6 Å². The second kappa shape index (κ2) is 8.11. The monoisotopic (exact) mass is 385 g/mol. The number of nitrogens with zero attached hydrogens (tertiary/aromatic N) is 1. The molecule has 0 radical (unpaired) electrons. The van der Waals surface area contributed by atoms with Crippen molar-refractivity contribution in [2.24, 2.45) is 5.10 Å². The van der Waals surface area contributed by atoms with Crippen LogP contribution >= 0.6 is 0 Å². The van der Waals surface area contributed by atoms with Crippen LogP contribution in [0.5, 0.6) is 0 Å². The van der Waals surface area contributed by atoms with E-state index in [9.17, 15) is 26.4 Å². The summed E-state index contributed by atoms with van der Waals surface area (Å²) in [6, 6.07) is 11.8. The maximum absolute atomic E-state index is 12.6. The van der Waals surface area contributed by atoms with Gasteiger partial charge in [-0.1, -0.05) is 30.3 Å². The molecular weight excluding hydrogens is 371 g/mol. The van der Waals surface area contributed by atoms with Crippen LogP contribution in [0.15, 0.2) is 64.6 Å². The van der Waals surface area contributed by atoms with Gasteiger partial charge >= 0.3 is 6.18 Å². The fourth-order valence-electron chi connectivity index (χ4n) is 1.86. The summed E-state index contributed by atoms with van der Waals surface area (Å²) in [7, 11) is -3.84. The Kier molecular flexibility index (Phi) is 6.11. The number of hydrogen-bond donors (Lipinski definition) is 2. The normalized spacial score (nSPS) is 12.3. The van der Waals surface area contributed by atoms with E-state index in [0.29, 0.717) is 0 Å². The third-order valence-corrected chi connectivity index (χ3v) is 4.51. The number of carbonyl (C=O) groups is 1. The van der Waals surface area contributed by atoms with Crippen molar-refractivity contribution in [3.8, 4) is 0 Å². The van der Waals surface area contributed by atoms with Gasteiger partial charge in [-0.2, -0.15) is 18.3 Å². The summed E-state index contributed by atoms with van der Waals surface area (Å²) in [4.78, 5) is 11.6. The Morgan fingerprint density at radius 3 is 2.42 bits per heavy atom. The molecule has 0 aromatic heterocycles. The first kappa shape index (κ1) is 19.6. The largest absolute Gasteiger partial charge is 0.416 e. The van der Waals surface area contributed by atoms with Crippen LogP contribution in [0.1, 0.15) is 11.1 Å². The lowest BCUT2D eigenvalue weighted by Gasteiger charge is -2.07. The molecule has 0 spiro atoms. The number of amides is 1. The summed E-state index contributed by atoms with van der Waals surface area (Å²) in [5.41, 5.74) is 1.32. The van der Waals surface area contributed by atoms with Gasteiger partial charge in [-0.05, 0) is 29.8 Å². The second-order valence-electron chi connectivity index (χ2n) is 5.05. The van der Waals surface area contributed by atoms with E-state index in [4.69, 9.17) is 0 Å². The summed E-state index contributed by atoms with van der Waals surface area (Å²) < 4.78 is 63.7. The molecule has 0 aliphatic rings. The highest BCUT2D eigenvalue weighted by atomic mass is 32.2. The Hall–Kier alpha value is -2.72. The molecule has 6 nitrogen and oxygen atoms in total. The highest BCUT2D eigenvalue weighted by Gasteiger charge is 2.30. The van der Waals surface area contributed by atoms with E-state index in [1.807, 2.05) is 5.43 Å². The van der Waals surface area contributed by atoms with Crippen LogP contribution in [-0.2, 0) is 21.0 Å². The Morgan fingerprint density at radius 1 is 1.08 bits per heavy atom. The van der Waals surface area contributed by atoms with Crippen molar-refractivity contribution in [2.45, 2.75) is 11.1 Å². The van der Waals surface area contributed by atoms with Gasteiger partial charge in [0.1, 0.15) is 0 Å². The van der Waals surface area contributed by atoms with Crippen LogP contribution in [0.2, 0.25) is 0 Å². The van der Waals surface area contributed by atoms with Gasteiger partial charge in [0.25, 0.3) is 5.91 Å². The molecule has 0 saturated carbocycles. The average molecular weight is 385 g/mol. The standard InChI is InChI=1S/C16H14F3N3O3S/c17-16(18,19)13-6-4-5-12(9-13)10-20-22-15(23)11-21-26(24,25)14-7-2-1-3-8-14/h1-10,21H,11H2,(H,22,23)/b20-10-. The molecule has 2 aromatic rings. The summed E-state index contributed by atoms with van der Waals surface area (Å²) in [5, 5.41) is 3.51. The van der Waals surface area contributed by atoms with Crippen LogP contribution in [0.25, 0.3) is 0 Å². The van der Waals surface area contributed by atoms with E-state index in [1.54, 1.807) is 6.07 Å². The fraction of sp³-hybridized carbons (Fsp3) is 0.125. The Balaban J connectivity index is 1.90. The van der Waals surface area contributed by atoms with Crippen molar-refractivity contribution in [1.29, 1.82) is 0 Å². The van der Waals surface area contributed by atoms with Gasteiger partial charge in [-0.3, -0.25) is 4.79 Å².